The Kier molecular flexibility index (Phi) is 4.11. The summed E-state index contributed by atoms with van der Waals surface area (Å²) in [6, 6.07) is 0. The van der Waals surface area contributed by atoms with E-state index in [1.807, 2.05) is 0 Å². The Bertz CT molecular complexity index is 183. The summed E-state index contributed by atoms with van der Waals surface area (Å²) in [5.41, 5.74) is 4.55. The SMILES string of the molecule is C#C[SiH](C#C)OC(=O)CC. The van der Waals surface area contributed by atoms with Gasteiger partial charge in [0, 0.05) is 6.42 Å². The van der Waals surface area contributed by atoms with E-state index in [2.05, 4.69) is 11.1 Å². The maximum atomic E-state index is 10.6. The first-order chi connectivity index (χ1) is 4.74. The Hall–Kier alpha value is -1.19. The first-order valence-electron chi connectivity index (χ1n) is 2.86. The molecule has 0 saturated heterocycles. The van der Waals surface area contributed by atoms with Gasteiger partial charge in [-0.25, -0.2) is 0 Å². The van der Waals surface area contributed by atoms with E-state index in [9.17, 15) is 4.79 Å². The highest BCUT2D eigenvalue weighted by Crippen LogP contribution is 1.87. The van der Waals surface area contributed by atoms with Gasteiger partial charge in [-0.05, 0) is 0 Å². The average Bonchev–Trinajstić information content (AvgIpc) is 1.99. The van der Waals surface area contributed by atoms with E-state index >= 15 is 0 Å². The zero-order chi connectivity index (χ0) is 7.98. The fourth-order valence-electron chi connectivity index (χ4n) is 0.331. The second-order valence-corrected chi connectivity index (χ2v) is 3.22. The van der Waals surface area contributed by atoms with Crippen molar-refractivity contribution in [3.63, 3.8) is 0 Å². The van der Waals surface area contributed by atoms with Gasteiger partial charge in [-0.1, -0.05) is 18.0 Å². The molecule has 0 unspecified atom stereocenters. The van der Waals surface area contributed by atoms with Crippen LogP contribution in [-0.4, -0.2) is 15.0 Å². The van der Waals surface area contributed by atoms with Gasteiger partial charge in [-0.2, -0.15) is 0 Å². The Morgan fingerprint density at radius 2 is 2.10 bits per heavy atom. The molecule has 0 saturated carbocycles. The molecule has 0 bridgehead atoms. The molecule has 0 aliphatic rings. The lowest BCUT2D eigenvalue weighted by Gasteiger charge is -2.01. The van der Waals surface area contributed by atoms with E-state index in [-0.39, 0.29) is 5.97 Å². The van der Waals surface area contributed by atoms with Crippen molar-refractivity contribution in [2.75, 3.05) is 0 Å². The first-order valence-corrected chi connectivity index (χ1v) is 4.49. The van der Waals surface area contributed by atoms with Crippen LogP contribution in [0.1, 0.15) is 13.3 Å². The number of hydrogen-bond acceptors (Lipinski definition) is 2. The summed E-state index contributed by atoms with van der Waals surface area (Å²) in [5.74, 6) is -0.312. The molecule has 3 heteroatoms. The third-order valence-corrected chi connectivity index (χ3v) is 1.94. The van der Waals surface area contributed by atoms with E-state index in [4.69, 9.17) is 17.3 Å². The largest absolute Gasteiger partial charge is 0.499 e. The fourth-order valence-corrected chi connectivity index (χ4v) is 0.993. The molecule has 0 N–H and O–H groups in total. The van der Waals surface area contributed by atoms with Crippen molar-refractivity contribution in [3.8, 4) is 23.9 Å². The van der Waals surface area contributed by atoms with Crippen molar-refractivity contribution in [1.82, 2.24) is 0 Å². The van der Waals surface area contributed by atoms with Crippen LogP contribution in [0.4, 0.5) is 0 Å². The lowest BCUT2D eigenvalue weighted by Crippen LogP contribution is -2.18. The summed E-state index contributed by atoms with van der Waals surface area (Å²) in [5, 5.41) is 0. The highest BCUT2D eigenvalue weighted by atomic mass is 28.3. The topological polar surface area (TPSA) is 26.3 Å². The third-order valence-electron chi connectivity index (χ3n) is 0.841. The summed E-state index contributed by atoms with van der Waals surface area (Å²) in [7, 11) is -2.06. The van der Waals surface area contributed by atoms with E-state index in [0.717, 1.165) is 0 Å². The van der Waals surface area contributed by atoms with Crippen LogP contribution in [0, 0.1) is 23.9 Å². The molecule has 0 heterocycles. The first kappa shape index (κ1) is 8.81. The maximum absolute atomic E-state index is 10.6. The van der Waals surface area contributed by atoms with Gasteiger partial charge in [0.05, 0.1) is 0 Å². The van der Waals surface area contributed by atoms with Crippen LogP contribution in [0.25, 0.3) is 0 Å². The van der Waals surface area contributed by atoms with Gasteiger partial charge < -0.3 is 4.43 Å². The molecule has 0 radical (unpaired) electrons. The zero-order valence-electron chi connectivity index (χ0n) is 5.76. The minimum atomic E-state index is -2.06. The Balaban J connectivity index is 3.81. The highest BCUT2D eigenvalue weighted by Gasteiger charge is 2.08. The summed E-state index contributed by atoms with van der Waals surface area (Å²) < 4.78 is 4.73. The molecule has 2 nitrogen and oxygen atoms in total. The standard InChI is InChI=1S/C7H8O2Si/c1-4-7(8)9-10(5-2)6-3/h2-3,10H,4H2,1H3. The minimum absolute atomic E-state index is 0.312. The molecule has 52 valence electrons. The van der Waals surface area contributed by atoms with Crippen LogP contribution in [0.15, 0.2) is 0 Å². The molecule has 10 heavy (non-hydrogen) atoms. The van der Waals surface area contributed by atoms with E-state index in [0.29, 0.717) is 6.42 Å². The number of hydrogen-bond donors (Lipinski definition) is 0. The van der Waals surface area contributed by atoms with Gasteiger partial charge in [-0.3, -0.25) is 4.79 Å². The quantitative estimate of drug-likeness (QED) is 0.411. The Labute approximate surface area is 62.3 Å². The number of terminal acetylenes is 2. The predicted octanol–water partition coefficient (Wildman–Crippen LogP) is 0.00820. The van der Waals surface area contributed by atoms with Gasteiger partial charge in [-0.15, -0.1) is 12.8 Å². The van der Waals surface area contributed by atoms with Crippen molar-refractivity contribution in [2.45, 2.75) is 13.3 Å². The number of carbonyl (C=O) groups is 1. The monoisotopic (exact) mass is 152 g/mol. The number of rotatable bonds is 2. The van der Waals surface area contributed by atoms with E-state index in [1.165, 1.54) is 0 Å². The van der Waals surface area contributed by atoms with Crippen LogP contribution in [-0.2, 0) is 9.22 Å². The normalized spacial score (nSPS) is 8.00. The van der Waals surface area contributed by atoms with Crippen LogP contribution in [0.2, 0.25) is 0 Å². The molecule has 0 atom stereocenters. The minimum Gasteiger partial charge on any atom is -0.499 e. The van der Waals surface area contributed by atoms with Crippen LogP contribution in [0.5, 0.6) is 0 Å². The molecule has 0 rings (SSSR count). The van der Waals surface area contributed by atoms with Gasteiger partial charge in [0.1, 0.15) is 0 Å². The average molecular weight is 152 g/mol. The molecule has 0 amide bonds. The van der Waals surface area contributed by atoms with E-state index < -0.39 is 9.04 Å². The van der Waals surface area contributed by atoms with Crippen molar-refractivity contribution in [3.05, 3.63) is 0 Å². The second-order valence-electron chi connectivity index (χ2n) is 1.56. The lowest BCUT2D eigenvalue weighted by molar-refractivity contribution is -0.134. The second kappa shape index (κ2) is 4.66. The van der Waals surface area contributed by atoms with Crippen molar-refractivity contribution in [2.24, 2.45) is 0 Å². The van der Waals surface area contributed by atoms with Gasteiger partial charge >= 0.3 is 9.04 Å². The maximum Gasteiger partial charge on any atom is 0.398 e. The summed E-state index contributed by atoms with van der Waals surface area (Å²) >= 11 is 0. The summed E-state index contributed by atoms with van der Waals surface area (Å²) in [6.45, 7) is 1.70. The van der Waals surface area contributed by atoms with Crippen LogP contribution in [0.3, 0.4) is 0 Å². The fraction of sp³-hybridized carbons (Fsp3) is 0.286. The van der Waals surface area contributed by atoms with Gasteiger partial charge in [0.2, 0.25) is 0 Å². The van der Waals surface area contributed by atoms with Crippen molar-refractivity contribution in [1.29, 1.82) is 0 Å². The van der Waals surface area contributed by atoms with Crippen LogP contribution < -0.4 is 0 Å². The zero-order valence-corrected chi connectivity index (χ0v) is 6.91. The van der Waals surface area contributed by atoms with Crippen molar-refractivity contribution >= 4 is 15.0 Å². The molecule has 0 fully saturated rings. The van der Waals surface area contributed by atoms with Gasteiger partial charge in [0.15, 0.2) is 0 Å². The molecular weight excluding hydrogens is 144 g/mol. The summed E-state index contributed by atoms with van der Waals surface area (Å²) in [4.78, 5) is 10.6. The highest BCUT2D eigenvalue weighted by molar-refractivity contribution is 6.70. The molecule has 0 spiro atoms. The predicted molar refractivity (Wildman–Crippen MR) is 41.2 cm³/mol. The molecule has 0 aliphatic carbocycles. The van der Waals surface area contributed by atoms with Crippen molar-refractivity contribution < 1.29 is 9.22 Å². The number of carbonyl (C=O) groups excluding carboxylic acids is 1. The van der Waals surface area contributed by atoms with Gasteiger partial charge in [0.25, 0.3) is 5.97 Å². The molecule has 0 aromatic heterocycles. The molecule has 0 aliphatic heterocycles. The summed E-state index contributed by atoms with van der Waals surface area (Å²) in [6.07, 6.45) is 10.3. The molecule has 0 aromatic carbocycles. The Morgan fingerprint density at radius 1 is 1.60 bits per heavy atom. The Morgan fingerprint density at radius 3 is 2.40 bits per heavy atom. The molecule has 0 aromatic rings. The molecular formula is C7H8O2Si. The van der Waals surface area contributed by atoms with Crippen LogP contribution >= 0.6 is 0 Å². The smallest absolute Gasteiger partial charge is 0.398 e. The lowest BCUT2D eigenvalue weighted by atomic mass is 10.5. The third kappa shape index (κ3) is 2.96. The van der Waals surface area contributed by atoms with E-state index in [1.54, 1.807) is 6.92 Å².